The van der Waals surface area contributed by atoms with Crippen molar-refractivity contribution in [3.05, 3.63) is 58.7 Å². The van der Waals surface area contributed by atoms with E-state index in [2.05, 4.69) is 11.0 Å². The Hall–Kier alpha value is -2.53. The summed E-state index contributed by atoms with van der Waals surface area (Å²) < 4.78 is 11.0. The molecule has 2 aromatic carbocycles. The van der Waals surface area contributed by atoms with Gasteiger partial charge in [0.25, 0.3) is 0 Å². The van der Waals surface area contributed by atoms with E-state index in [4.69, 9.17) is 9.47 Å². The number of carbonyl (C=O) groups is 1. The molecule has 2 atom stereocenters. The van der Waals surface area contributed by atoms with Crippen molar-refractivity contribution in [2.75, 3.05) is 27.3 Å². The zero-order valence-corrected chi connectivity index (χ0v) is 16.4. The van der Waals surface area contributed by atoms with Crippen LogP contribution in [0.4, 0.5) is 0 Å². The fraction of sp³-hybridized carbons (Fsp3) is 0.409. The lowest BCUT2D eigenvalue weighted by Gasteiger charge is -2.20. The van der Waals surface area contributed by atoms with E-state index in [9.17, 15) is 9.90 Å². The molecule has 2 aromatic rings. The van der Waals surface area contributed by atoms with Crippen molar-refractivity contribution in [1.29, 1.82) is 0 Å². The van der Waals surface area contributed by atoms with Gasteiger partial charge in [-0.2, -0.15) is 0 Å². The van der Waals surface area contributed by atoms with E-state index >= 15 is 0 Å². The molecule has 5 heteroatoms. The second-order valence-electron chi connectivity index (χ2n) is 7.19. The highest BCUT2D eigenvalue weighted by molar-refractivity contribution is 5.72. The minimum absolute atomic E-state index is 0.00552. The van der Waals surface area contributed by atoms with Gasteiger partial charge in [0.1, 0.15) is 11.5 Å². The maximum atomic E-state index is 11.9. The quantitative estimate of drug-likeness (QED) is 0.843. The molecule has 0 spiro atoms. The van der Waals surface area contributed by atoms with Crippen LogP contribution < -0.4 is 9.47 Å². The van der Waals surface area contributed by atoms with Gasteiger partial charge in [0, 0.05) is 36.7 Å². The van der Waals surface area contributed by atoms with Gasteiger partial charge in [-0.05, 0) is 31.0 Å². The van der Waals surface area contributed by atoms with Gasteiger partial charge >= 0.3 is 5.97 Å². The maximum Gasteiger partial charge on any atom is 0.308 e. The normalized spacial score (nSPS) is 19.9. The molecule has 5 nitrogen and oxygen atoms in total. The van der Waals surface area contributed by atoms with E-state index in [1.54, 1.807) is 14.2 Å². The van der Waals surface area contributed by atoms with Gasteiger partial charge in [0.05, 0.1) is 20.1 Å². The zero-order chi connectivity index (χ0) is 19.6. The summed E-state index contributed by atoms with van der Waals surface area (Å²) in [6.07, 6.45) is 0. The van der Waals surface area contributed by atoms with Crippen LogP contribution >= 0.6 is 0 Å². The number of methoxy groups -OCH3 is 2. The largest absolute Gasteiger partial charge is 0.496 e. The van der Waals surface area contributed by atoms with Crippen LogP contribution in [0, 0.1) is 19.8 Å². The highest BCUT2D eigenvalue weighted by atomic mass is 16.5. The van der Waals surface area contributed by atoms with Crippen molar-refractivity contribution in [2.24, 2.45) is 5.92 Å². The summed E-state index contributed by atoms with van der Waals surface area (Å²) in [5.41, 5.74) is 4.28. The number of hydrogen-bond acceptors (Lipinski definition) is 4. The number of carboxylic acid groups (broad SMARTS) is 1. The number of aliphatic carboxylic acids is 1. The molecular formula is C22H27NO4. The van der Waals surface area contributed by atoms with Gasteiger partial charge in [-0.15, -0.1) is 0 Å². The van der Waals surface area contributed by atoms with Gasteiger partial charge in [0.2, 0.25) is 0 Å². The molecule has 27 heavy (non-hydrogen) atoms. The minimum atomic E-state index is -0.733. The number of hydrogen-bond donors (Lipinski definition) is 1. The Morgan fingerprint density at radius 2 is 1.85 bits per heavy atom. The molecule has 3 rings (SSSR count). The van der Waals surface area contributed by atoms with Gasteiger partial charge in [0.15, 0.2) is 0 Å². The molecule has 1 fully saturated rings. The summed E-state index contributed by atoms with van der Waals surface area (Å²) in [4.78, 5) is 14.1. The summed E-state index contributed by atoms with van der Waals surface area (Å²) in [7, 11) is 3.30. The average Bonchev–Trinajstić information content (AvgIpc) is 3.06. The number of ether oxygens (including phenoxy) is 2. The Bertz CT molecular complexity index is 833. The molecule has 1 aliphatic rings. The van der Waals surface area contributed by atoms with Crippen LogP contribution in [0.5, 0.6) is 11.5 Å². The first-order valence-electron chi connectivity index (χ1n) is 9.17. The third-order valence-electron chi connectivity index (χ3n) is 5.56. The molecule has 1 heterocycles. The minimum Gasteiger partial charge on any atom is -0.496 e. The Morgan fingerprint density at radius 3 is 2.48 bits per heavy atom. The number of rotatable bonds is 6. The smallest absolute Gasteiger partial charge is 0.308 e. The lowest BCUT2D eigenvalue weighted by atomic mass is 9.86. The second kappa shape index (κ2) is 8.01. The lowest BCUT2D eigenvalue weighted by molar-refractivity contribution is -0.141. The van der Waals surface area contributed by atoms with Gasteiger partial charge in [-0.3, -0.25) is 9.69 Å². The predicted molar refractivity (Wildman–Crippen MR) is 105 cm³/mol. The second-order valence-corrected chi connectivity index (χ2v) is 7.19. The Labute approximate surface area is 160 Å². The van der Waals surface area contributed by atoms with E-state index < -0.39 is 11.9 Å². The molecule has 0 amide bonds. The molecule has 1 saturated heterocycles. The van der Waals surface area contributed by atoms with Crippen molar-refractivity contribution in [3.63, 3.8) is 0 Å². The topological polar surface area (TPSA) is 59.0 Å². The SMILES string of the molecule is COc1ccc(CN2C[C@@H](C(=O)O)[C@H](c3ccccc3C)C2)c(OC)c1C. The number of nitrogens with zero attached hydrogens (tertiary/aromatic N) is 1. The van der Waals surface area contributed by atoms with Crippen LogP contribution in [0.1, 0.15) is 28.2 Å². The van der Waals surface area contributed by atoms with Crippen molar-refractivity contribution < 1.29 is 19.4 Å². The molecule has 0 bridgehead atoms. The van der Waals surface area contributed by atoms with Gasteiger partial charge in [-0.1, -0.05) is 30.3 Å². The molecule has 144 valence electrons. The number of carboxylic acids is 1. The van der Waals surface area contributed by atoms with E-state index in [0.717, 1.165) is 40.3 Å². The van der Waals surface area contributed by atoms with Crippen LogP contribution in [-0.2, 0) is 11.3 Å². The van der Waals surface area contributed by atoms with Crippen molar-refractivity contribution in [3.8, 4) is 11.5 Å². The summed E-state index contributed by atoms with van der Waals surface area (Å²) in [6, 6.07) is 12.0. The molecular weight excluding hydrogens is 342 g/mol. The van der Waals surface area contributed by atoms with Crippen LogP contribution in [-0.4, -0.2) is 43.3 Å². The van der Waals surface area contributed by atoms with Crippen molar-refractivity contribution in [2.45, 2.75) is 26.3 Å². The summed E-state index contributed by atoms with van der Waals surface area (Å²) in [5.74, 6) is 0.452. The average molecular weight is 369 g/mol. The Balaban J connectivity index is 1.86. The van der Waals surface area contributed by atoms with Crippen LogP contribution in [0.2, 0.25) is 0 Å². The third kappa shape index (κ3) is 3.78. The molecule has 0 unspecified atom stereocenters. The first-order valence-corrected chi connectivity index (χ1v) is 9.17. The van der Waals surface area contributed by atoms with E-state index in [1.807, 2.05) is 44.2 Å². The van der Waals surface area contributed by atoms with E-state index in [-0.39, 0.29) is 5.92 Å². The maximum absolute atomic E-state index is 11.9. The fourth-order valence-corrected chi connectivity index (χ4v) is 4.18. The van der Waals surface area contributed by atoms with Gasteiger partial charge in [-0.25, -0.2) is 0 Å². The molecule has 0 aromatic heterocycles. The van der Waals surface area contributed by atoms with Gasteiger partial charge < -0.3 is 14.6 Å². The molecule has 0 radical (unpaired) electrons. The summed E-state index contributed by atoms with van der Waals surface area (Å²) >= 11 is 0. The fourth-order valence-electron chi connectivity index (χ4n) is 4.18. The number of aryl methyl sites for hydroxylation is 1. The molecule has 0 aliphatic carbocycles. The lowest BCUT2D eigenvalue weighted by Crippen LogP contribution is -2.23. The zero-order valence-electron chi connectivity index (χ0n) is 16.4. The Morgan fingerprint density at radius 1 is 1.11 bits per heavy atom. The van der Waals surface area contributed by atoms with Crippen LogP contribution in [0.25, 0.3) is 0 Å². The van der Waals surface area contributed by atoms with Crippen molar-refractivity contribution in [1.82, 2.24) is 4.90 Å². The molecule has 1 aliphatic heterocycles. The standard InChI is InChI=1S/C22H27NO4/c1-14-7-5-6-8-17(14)18-12-23(13-19(18)22(24)25)11-16-9-10-20(26-3)15(2)21(16)27-4/h5-10,18-19H,11-13H2,1-4H3,(H,24,25)/t18-,19+/m0/s1. The van der Waals surface area contributed by atoms with Crippen molar-refractivity contribution >= 4 is 5.97 Å². The van der Waals surface area contributed by atoms with E-state index in [1.165, 1.54) is 0 Å². The molecule has 1 N–H and O–H groups in total. The number of likely N-dealkylation sites (tertiary alicyclic amines) is 1. The monoisotopic (exact) mass is 369 g/mol. The number of benzene rings is 2. The summed E-state index contributed by atoms with van der Waals surface area (Å²) in [5, 5.41) is 9.77. The van der Waals surface area contributed by atoms with E-state index in [0.29, 0.717) is 13.1 Å². The van der Waals surface area contributed by atoms with Crippen LogP contribution in [0.3, 0.4) is 0 Å². The molecule has 0 saturated carbocycles. The first-order chi connectivity index (χ1) is 13.0. The Kier molecular flexibility index (Phi) is 5.71. The third-order valence-corrected chi connectivity index (χ3v) is 5.56. The van der Waals surface area contributed by atoms with Crippen LogP contribution in [0.15, 0.2) is 36.4 Å². The predicted octanol–water partition coefficient (Wildman–Crippen LogP) is 3.62. The highest BCUT2D eigenvalue weighted by Gasteiger charge is 2.39. The first kappa shape index (κ1) is 19.2. The summed E-state index contributed by atoms with van der Waals surface area (Å²) in [6.45, 7) is 5.92. The highest BCUT2D eigenvalue weighted by Crippen LogP contribution is 2.37.